The zero-order valence-corrected chi connectivity index (χ0v) is 20.2. The molecule has 0 aliphatic rings. The van der Waals surface area contributed by atoms with Gasteiger partial charge in [-0.25, -0.2) is 4.98 Å². The van der Waals surface area contributed by atoms with E-state index in [0.29, 0.717) is 19.6 Å². The number of benzene rings is 3. The molecule has 4 aromatic rings. The molecule has 4 rings (SSSR count). The van der Waals surface area contributed by atoms with Crippen LogP contribution in [0.3, 0.4) is 0 Å². The van der Waals surface area contributed by atoms with Gasteiger partial charge in [0.25, 0.3) is 0 Å². The average Bonchev–Trinajstić information content (AvgIpc) is 3.11. The van der Waals surface area contributed by atoms with Crippen molar-refractivity contribution in [3.63, 3.8) is 0 Å². The minimum Gasteiger partial charge on any atom is -0.354 e. The topological polar surface area (TPSA) is 55.9 Å². The predicted octanol–water partition coefficient (Wildman–Crippen LogP) is 6.61. The first-order valence-electron chi connectivity index (χ1n) is 10.9. The number of nitrogens with one attached hydrogen (secondary N) is 1. The van der Waals surface area contributed by atoms with Gasteiger partial charge in [-0.1, -0.05) is 60.5 Å². The molecule has 0 amide bonds. The van der Waals surface area contributed by atoms with Crippen LogP contribution < -0.4 is 11.1 Å². The van der Waals surface area contributed by atoms with Crippen LogP contribution in [0.4, 0.5) is 5.95 Å². The molecule has 0 unspecified atom stereocenters. The van der Waals surface area contributed by atoms with E-state index in [1.165, 1.54) is 16.7 Å². The molecule has 3 N–H and O–H groups in total. The van der Waals surface area contributed by atoms with Crippen LogP contribution in [0.2, 0.25) is 10.0 Å². The summed E-state index contributed by atoms with van der Waals surface area (Å²) in [7, 11) is 0. The van der Waals surface area contributed by atoms with Crippen molar-refractivity contribution in [3.05, 3.63) is 80.8 Å². The summed E-state index contributed by atoms with van der Waals surface area (Å²) in [5.74, 6) is 0.803. The van der Waals surface area contributed by atoms with E-state index in [9.17, 15) is 0 Å². The molecule has 0 aliphatic heterocycles. The van der Waals surface area contributed by atoms with Crippen molar-refractivity contribution in [2.24, 2.45) is 5.73 Å². The minimum atomic E-state index is 0.527. The van der Waals surface area contributed by atoms with Crippen LogP contribution in [-0.4, -0.2) is 22.6 Å². The summed E-state index contributed by atoms with van der Waals surface area (Å²) < 4.78 is 2.22. The predicted molar refractivity (Wildman–Crippen MR) is 137 cm³/mol. The molecule has 0 saturated carbocycles. The van der Waals surface area contributed by atoms with E-state index >= 15 is 0 Å². The lowest BCUT2D eigenvalue weighted by Gasteiger charge is -2.14. The van der Waals surface area contributed by atoms with Crippen molar-refractivity contribution in [2.45, 2.75) is 33.7 Å². The van der Waals surface area contributed by atoms with E-state index in [2.05, 4.69) is 54.9 Å². The van der Waals surface area contributed by atoms with Gasteiger partial charge in [0, 0.05) is 34.3 Å². The summed E-state index contributed by atoms with van der Waals surface area (Å²) >= 11 is 13.0. The van der Waals surface area contributed by atoms with Gasteiger partial charge in [0.05, 0.1) is 17.6 Å². The molecule has 32 heavy (non-hydrogen) atoms. The van der Waals surface area contributed by atoms with Crippen molar-refractivity contribution in [3.8, 4) is 11.1 Å². The summed E-state index contributed by atoms with van der Waals surface area (Å²) in [4.78, 5) is 5.04. The fourth-order valence-corrected chi connectivity index (χ4v) is 4.62. The fraction of sp³-hybridized carbons (Fsp3) is 0.269. The Kier molecular flexibility index (Phi) is 6.75. The number of hydrogen-bond donors (Lipinski definition) is 2. The third-order valence-electron chi connectivity index (χ3n) is 5.97. The van der Waals surface area contributed by atoms with Crippen molar-refractivity contribution < 1.29 is 0 Å². The normalized spacial score (nSPS) is 11.3. The van der Waals surface area contributed by atoms with Crippen molar-refractivity contribution in [1.82, 2.24) is 9.55 Å². The second kappa shape index (κ2) is 9.53. The van der Waals surface area contributed by atoms with Crippen LogP contribution in [0, 0.1) is 13.8 Å². The molecule has 6 heteroatoms. The number of halogens is 2. The van der Waals surface area contributed by atoms with Crippen molar-refractivity contribution in [1.29, 1.82) is 0 Å². The minimum absolute atomic E-state index is 0.527. The highest BCUT2D eigenvalue weighted by Crippen LogP contribution is 2.38. The van der Waals surface area contributed by atoms with Gasteiger partial charge in [0.15, 0.2) is 0 Å². The maximum absolute atomic E-state index is 6.61. The second-order valence-electron chi connectivity index (χ2n) is 8.06. The first-order valence-corrected chi connectivity index (χ1v) is 11.7. The Balaban J connectivity index is 1.95. The number of aryl methyl sites for hydroxylation is 2. The quantitative estimate of drug-likeness (QED) is 0.322. The molecule has 0 bridgehead atoms. The number of fused-ring (bicyclic) bond motifs is 1. The highest BCUT2D eigenvalue weighted by Gasteiger charge is 2.20. The third kappa shape index (κ3) is 4.23. The molecule has 3 aromatic carbocycles. The van der Waals surface area contributed by atoms with Crippen molar-refractivity contribution >= 4 is 40.2 Å². The summed E-state index contributed by atoms with van der Waals surface area (Å²) in [5, 5.41) is 4.94. The monoisotopic (exact) mass is 466 g/mol. The molecule has 0 spiro atoms. The Morgan fingerprint density at radius 3 is 2.53 bits per heavy atom. The van der Waals surface area contributed by atoms with Gasteiger partial charge in [0.2, 0.25) is 5.95 Å². The van der Waals surface area contributed by atoms with E-state index in [-0.39, 0.29) is 0 Å². The number of rotatable bonds is 7. The second-order valence-corrected chi connectivity index (χ2v) is 8.87. The molecular formula is C26H28Cl2N4. The van der Waals surface area contributed by atoms with Gasteiger partial charge in [-0.15, -0.1) is 0 Å². The average molecular weight is 467 g/mol. The molecule has 0 saturated heterocycles. The summed E-state index contributed by atoms with van der Waals surface area (Å²) in [6.45, 7) is 8.23. The third-order valence-corrected chi connectivity index (χ3v) is 6.66. The summed E-state index contributed by atoms with van der Waals surface area (Å²) in [5.41, 5.74) is 14.6. The highest BCUT2D eigenvalue weighted by molar-refractivity contribution is 6.33. The van der Waals surface area contributed by atoms with Gasteiger partial charge in [-0.2, -0.15) is 0 Å². The van der Waals surface area contributed by atoms with E-state index in [4.69, 9.17) is 33.9 Å². The number of nitrogens with zero attached hydrogens (tertiary/aromatic N) is 2. The smallest absolute Gasteiger partial charge is 0.204 e. The molecule has 1 aromatic heterocycles. The van der Waals surface area contributed by atoms with Gasteiger partial charge < -0.3 is 15.6 Å². The molecule has 0 fully saturated rings. The van der Waals surface area contributed by atoms with Crippen LogP contribution >= 0.6 is 23.2 Å². The fourth-order valence-electron chi connectivity index (χ4n) is 4.14. The molecule has 0 aliphatic carbocycles. The molecule has 0 radical (unpaired) electrons. The Labute approximate surface area is 199 Å². The largest absolute Gasteiger partial charge is 0.354 e. The molecule has 1 heterocycles. The van der Waals surface area contributed by atoms with Gasteiger partial charge >= 0.3 is 0 Å². The van der Waals surface area contributed by atoms with Crippen molar-refractivity contribution in [2.75, 3.05) is 18.4 Å². The van der Waals surface area contributed by atoms with E-state index in [1.54, 1.807) is 0 Å². The van der Waals surface area contributed by atoms with E-state index in [0.717, 1.165) is 50.1 Å². The zero-order chi connectivity index (χ0) is 22.8. The zero-order valence-electron chi connectivity index (χ0n) is 18.7. The van der Waals surface area contributed by atoms with Gasteiger partial charge in [-0.3, -0.25) is 0 Å². The molecule has 0 atom stereocenters. The summed E-state index contributed by atoms with van der Waals surface area (Å²) in [6.07, 6.45) is 0.893. The lowest BCUT2D eigenvalue weighted by molar-refractivity contribution is 0.818. The Morgan fingerprint density at radius 2 is 1.81 bits per heavy atom. The Bertz CT molecular complexity index is 1280. The van der Waals surface area contributed by atoms with E-state index in [1.807, 2.05) is 24.3 Å². The Hall–Kier alpha value is -2.53. The molecule has 4 nitrogen and oxygen atoms in total. The van der Waals surface area contributed by atoms with Gasteiger partial charge in [-0.05, 0) is 60.7 Å². The standard InChI is InChI=1S/C26H28Cl2N4/c1-4-19-14-18(9-10-21(19)27)15-32-23-13-16(2)17(3)24(20-7-5-6-8-22(20)28)25(23)31-26(32)30-12-11-29/h5-10,13-14H,4,11-12,15,29H2,1-3H3,(H,30,31). The number of nitrogens with two attached hydrogens (primary N) is 1. The number of aromatic nitrogens is 2. The number of anilines is 1. The SMILES string of the molecule is CCc1cc(Cn2c(NCCN)nc3c(-c4ccccc4Cl)c(C)c(C)cc32)ccc1Cl. The first-order chi connectivity index (χ1) is 15.4. The first kappa shape index (κ1) is 22.7. The Morgan fingerprint density at radius 1 is 1.03 bits per heavy atom. The van der Waals surface area contributed by atoms with Crippen LogP contribution in [0.15, 0.2) is 48.5 Å². The van der Waals surface area contributed by atoms with Gasteiger partial charge in [0.1, 0.15) is 0 Å². The lowest BCUT2D eigenvalue weighted by Crippen LogP contribution is -2.16. The van der Waals surface area contributed by atoms with Crippen LogP contribution in [0.1, 0.15) is 29.2 Å². The van der Waals surface area contributed by atoms with Crippen LogP contribution in [0.25, 0.3) is 22.2 Å². The summed E-state index contributed by atoms with van der Waals surface area (Å²) in [6, 6.07) is 16.4. The molecular weight excluding hydrogens is 439 g/mol. The molecule has 166 valence electrons. The maximum atomic E-state index is 6.61. The lowest BCUT2D eigenvalue weighted by atomic mass is 9.95. The highest BCUT2D eigenvalue weighted by atomic mass is 35.5. The maximum Gasteiger partial charge on any atom is 0.204 e. The number of imidazole rings is 1. The number of hydrogen-bond acceptors (Lipinski definition) is 3. The van der Waals surface area contributed by atoms with E-state index < -0.39 is 0 Å². The van der Waals surface area contributed by atoms with Crippen LogP contribution in [-0.2, 0) is 13.0 Å². The van der Waals surface area contributed by atoms with Crippen LogP contribution in [0.5, 0.6) is 0 Å².